The second-order valence-corrected chi connectivity index (χ2v) is 6.82. The maximum atomic E-state index is 4.82. The molecule has 0 unspecified atom stereocenters. The Kier molecular flexibility index (Phi) is 4.26. The standard InChI is InChI=1S/C24H19N5/c1-16-19-14-8-9-15-20(19)26-23(25-16)29-24-27-21(17-10-4-2-5-11-17)22(28-24)18-12-6-3-7-13-18/h2-15H,1H3,(H2,25,26,27,28,29). The van der Waals surface area contributed by atoms with E-state index in [1.165, 1.54) is 0 Å². The van der Waals surface area contributed by atoms with Crippen molar-refractivity contribution in [3.63, 3.8) is 0 Å². The van der Waals surface area contributed by atoms with Gasteiger partial charge in [-0.1, -0.05) is 78.9 Å². The number of aromatic nitrogens is 4. The molecule has 0 radical (unpaired) electrons. The highest BCUT2D eigenvalue weighted by molar-refractivity contribution is 5.83. The second kappa shape index (κ2) is 7.20. The van der Waals surface area contributed by atoms with Gasteiger partial charge in [0.25, 0.3) is 0 Å². The van der Waals surface area contributed by atoms with E-state index in [-0.39, 0.29) is 0 Å². The van der Waals surface area contributed by atoms with Gasteiger partial charge in [-0.15, -0.1) is 0 Å². The van der Waals surface area contributed by atoms with Crippen LogP contribution < -0.4 is 5.32 Å². The molecule has 2 heterocycles. The quantitative estimate of drug-likeness (QED) is 0.419. The van der Waals surface area contributed by atoms with Crippen molar-refractivity contribution < 1.29 is 0 Å². The van der Waals surface area contributed by atoms with Gasteiger partial charge in [0.05, 0.1) is 22.6 Å². The third-order valence-corrected chi connectivity index (χ3v) is 4.84. The summed E-state index contributed by atoms with van der Waals surface area (Å²) in [5, 5.41) is 4.30. The number of nitrogens with one attached hydrogen (secondary N) is 2. The molecular formula is C24H19N5. The van der Waals surface area contributed by atoms with Gasteiger partial charge >= 0.3 is 0 Å². The van der Waals surface area contributed by atoms with Crippen LogP contribution in [0.15, 0.2) is 84.9 Å². The van der Waals surface area contributed by atoms with Crippen molar-refractivity contribution >= 4 is 22.8 Å². The van der Waals surface area contributed by atoms with Crippen molar-refractivity contribution in [1.29, 1.82) is 0 Å². The van der Waals surface area contributed by atoms with Gasteiger partial charge in [0.15, 0.2) is 0 Å². The normalized spacial score (nSPS) is 10.9. The zero-order valence-corrected chi connectivity index (χ0v) is 15.9. The summed E-state index contributed by atoms with van der Waals surface area (Å²) in [5.74, 6) is 1.13. The number of hydrogen-bond acceptors (Lipinski definition) is 4. The van der Waals surface area contributed by atoms with E-state index in [1.54, 1.807) is 0 Å². The lowest BCUT2D eigenvalue weighted by molar-refractivity contribution is 1.13. The summed E-state index contributed by atoms with van der Waals surface area (Å²) >= 11 is 0. The average molecular weight is 377 g/mol. The summed E-state index contributed by atoms with van der Waals surface area (Å²) in [6.07, 6.45) is 0. The van der Waals surface area contributed by atoms with Crippen LogP contribution in [-0.4, -0.2) is 19.9 Å². The van der Waals surface area contributed by atoms with Crippen LogP contribution in [0.4, 0.5) is 11.9 Å². The van der Waals surface area contributed by atoms with Crippen molar-refractivity contribution in [3.05, 3.63) is 90.6 Å². The molecule has 5 rings (SSSR count). The number of para-hydroxylation sites is 1. The van der Waals surface area contributed by atoms with Gasteiger partial charge < -0.3 is 4.98 Å². The molecule has 5 heteroatoms. The fourth-order valence-corrected chi connectivity index (χ4v) is 3.45. The number of rotatable bonds is 4. The minimum atomic E-state index is 0.522. The number of H-pyrrole nitrogens is 1. The maximum Gasteiger partial charge on any atom is 0.230 e. The van der Waals surface area contributed by atoms with Crippen LogP contribution in [0.25, 0.3) is 33.4 Å². The first kappa shape index (κ1) is 17.1. The first-order chi connectivity index (χ1) is 14.3. The highest BCUT2D eigenvalue weighted by Gasteiger charge is 2.15. The van der Waals surface area contributed by atoms with Crippen LogP contribution in [0, 0.1) is 6.92 Å². The van der Waals surface area contributed by atoms with Crippen LogP contribution in [0.2, 0.25) is 0 Å². The van der Waals surface area contributed by atoms with Gasteiger partial charge in [0, 0.05) is 16.5 Å². The highest BCUT2D eigenvalue weighted by Crippen LogP contribution is 2.32. The molecular weight excluding hydrogens is 358 g/mol. The minimum absolute atomic E-state index is 0.522. The van der Waals surface area contributed by atoms with Gasteiger partial charge in [0.1, 0.15) is 0 Å². The predicted molar refractivity (Wildman–Crippen MR) is 117 cm³/mol. The Morgan fingerprint density at radius 3 is 2.10 bits per heavy atom. The Hall–Kier alpha value is -3.99. The average Bonchev–Trinajstić information content (AvgIpc) is 3.19. The van der Waals surface area contributed by atoms with Gasteiger partial charge in [-0.25, -0.2) is 15.0 Å². The molecule has 2 N–H and O–H groups in total. The summed E-state index contributed by atoms with van der Waals surface area (Å²) in [7, 11) is 0. The van der Waals surface area contributed by atoms with Crippen molar-refractivity contribution in [2.75, 3.05) is 5.32 Å². The Balaban J connectivity index is 1.59. The van der Waals surface area contributed by atoms with Gasteiger partial charge in [-0.3, -0.25) is 5.32 Å². The first-order valence-corrected chi connectivity index (χ1v) is 9.49. The number of benzene rings is 3. The second-order valence-electron chi connectivity index (χ2n) is 6.82. The van der Waals surface area contributed by atoms with Crippen molar-refractivity contribution in [2.24, 2.45) is 0 Å². The summed E-state index contributed by atoms with van der Waals surface area (Å²) in [5.41, 5.74) is 5.79. The molecule has 2 aromatic heterocycles. The Morgan fingerprint density at radius 2 is 1.34 bits per heavy atom. The summed E-state index contributed by atoms with van der Waals surface area (Å²) in [6, 6.07) is 28.3. The molecule has 5 nitrogen and oxygen atoms in total. The van der Waals surface area contributed by atoms with E-state index in [2.05, 4.69) is 44.5 Å². The lowest BCUT2D eigenvalue weighted by Crippen LogP contribution is -2.00. The van der Waals surface area contributed by atoms with Crippen LogP contribution in [0.3, 0.4) is 0 Å². The Bertz CT molecular complexity index is 1220. The van der Waals surface area contributed by atoms with Crippen molar-refractivity contribution in [3.8, 4) is 22.5 Å². The molecule has 0 saturated heterocycles. The maximum absolute atomic E-state index is 4.82. The molecule has 0 fully saturated rings. The Labute approximate surface area is 168 Å². The van der Waals surface area contributed by atoms with Crippen molar-refractivity contribution in [2.45, 2.75) is 6.92 Å². The SMILES string of the molecule is Cc1nc(Nc2nc(-c3ccccc3)c(-c3ccccc3)[nH]2)nc2ccccc12. The molecule has 29 heavy (non-hydrogen) atoms. The number of nitrogens with zero attached hydrogens (tertiary/aromatic N) is 3. The van der Waals surface area contributed by atoms with E-state index in [1.807, 2.05) is 67.6 Å². The summed E-state index contributed by atoms with van der Waals surface area (Å²) in [4.78, 5) is 17.5. The zero-order valence-electron chi connectivity index (χ0n) is 15.9. The Morgan fingerprint density at radius 1 is 0.690 bits per heavy atom. The van der Waals surface area contributed by atoms with Crippen LogP contribution in [0.1, 0.15) is 5.69 Å². The van der Waals surface area contributed by atoms with Gasteiger partial charge in [-0.2, -0.15) is 0 Å². The van der Waals surface area contributed by atoms with E-state index >= 15 is 0 Å². The number of anilines is 2. The fourth-order valence-electron chi connectivity index (χ4n) is 3.45. The molecule has 0 spiro atoms. The number of imidazole rings is 1. The van der Waals surface area contributed by atoms with Crippen LogP contribution in [-0.2, 0) is 0 Å². The van der Waals surface area contributed by atoms with E-state index in [9.17, 15) is 0 Å². The van der Waals surface area contributed by atoms with E-state index in [0.717, 1.165) is 39.1 Å². The summed E-state index contributed by atoms with van der Waals surface area (Å²) < 4.78 is 0. The predicted octanol–water partition coefficient (Wildman–Crippen LogP) is 5.74. The van der Waals surface area contributed by atoms with E-state index < -0.39 is 0 Å². The molecule has 140 valence electrons. The van der Waals surface area contributed by atoms with Crippen LogP contribution in [0.5, 0.6) is 0 Å². The topological polar surface area (TPSA) is 66.5 Å². The molecule has 0 saturated carbocycles. The number of hydrogen-bond donors (Lipinski definition) is 2. The van der Waals surface area contributed by atoms with Crippen LogP contribution >= 0.6 is 0 Å². The number of aromatic amines is 1. The fraction of sp³-hybridized carbons (Fsp3) is 0.0417. The first-order valence-electron chi connectivity index (χ1n) is 9.49. The molecule has 5 aromatic rings. The minimum Gasteiger partial charge on any atom is -0.323 e. The molecule has 0 atom stereocenters. The molecule has 0 aliphatic rings. The number of aryl methyl sites for hydroxylation is 1. The highest BCUT2D eigenvalue weighted by atomic mass is 15.2. The molecule has 0 amide bonds. The van der Waals surface area contributed by atoms with E-state index in [0.29, 0.717) is 11.9 Å². The molecule has 0 aliphatic heterocycles. The summed E-state index contributed by atoms with van der Waals surface area (Å²) in [6.45, 7) is 1.99. The van der Waals surface area contributed by atoms with E-state index in [4.69, 9.17) is 4.98 Å². The third-order valence-electron chi connectivity index (χ3n) is 4.84. The monoisotopic (exact) mass is 377 g/mol. The third kappa shape index (κ3) is 3.34. The van der Waals surface area contributed by atoms with Crippen molar-refractivity contribution in [1.82, 2.24) is 19.9 Å². The van der Waals surface area contributed by atoms with Gasteiger partial charge in [-0.05, 0) is 13.0 Å². The molecule has 0 aliphatic carbocycles. The zero-order chi connectivity index (χ0) is 19.6. The molecule has 0 bridgehead atoms. The largest absolute Gasteiger partial charge is 0.323 e. The van der Waals surface area contributed by atoms with Gasteiger partial charge in [0.2, 0.25) is 11.9 Å². The number of fused-ring (bicyclic) bond motifs is 1. The molecule has 3 aromatic carbocycles. The lowest BCUT2D eigenvalue weighted by atomic mass is 10.1. The lowest BCUT2D eigenvalue weighted by Gasteiger charge is -2.05. The smallest absolute Gasteiger partial charge is 0.230 e.